The molecule has 0 radical (unpaired) electrons. The Hall–Kier alpha value is -0.570. The first-order valence-corrected chi connectivity index (χ1v) is 6.89. The number of nitrogens with zero attached hydrogens (tertiary/aromatic N) is 1. The molecule has 0 aromatic heterocycles. The number of carbonyl (C=O) groups is 1. The van der Waals surface area contributed by atoms with E-state index in [-0.39, 0.29) is 11.1 Å². The van der Waals surface area contributed by atoms with Crippen molar-refractivity contribution in [1.82, 2.24) is 10.2 Å². The van der Waals surface area contributed by atoms with E-state index in [1.54, 1.807) is 0 Å². The Morgan fingerprint density at radius 2 is 1.76 bits per heavy atom. The van der Waals surface area contributed by atoms with Gasteiger partial charge in [-0.1, -0.05) is 12.8 Å². The van der Waals surface area contributed by atoms with Crippen molar-refractivity contribution in [2.24, 2.45) is 0 Å². The molecule has 0 aromatic rings. The van der Waals surface area contributed by atoms with Gasteiger partial charge in [0.1, 0.15) is 0 Å². The molecule has 1 aliphatic heterocycles. The van der Waals surface area contributed by atoms with Crippen LogP contribution >= 0.6 is 0 Å². The molecule has 0 bridgehead atoms. The predicted molar refractivity (Wildman–Crippen MR) is 69.9 cm³/mol. The van der Waals surface area contributed by atoms with E-state index in [0.29, 0.717) is 18.4 Å². The highest BCUT2D eigenvalue weighted by Crippen LogP contribution is 2.32. The van der Waals surface area contributed by atoms with Crippen molar-refractivity contribution in [3.63, 3.8) is 0 Å². The molecule has 98 valence electrons. The molecule has 1 aliphatic carbocycles. The van der Waals surface area contributed by atoms with E-state index >= 15 is 0 Å². The van der Waals surface area contributed by atoms with Gasteiger partial charge in [0, 0.05) is 30.1 Å². The zero-order valence-corrected chi connectivity index (χ0v) is 11.7. The number of rotatable bonds is 1. The molecule has 0 unspecified atom stereocenters. The molecule has 0 aromatic carbocycles. The summed E-state index contributed by atoms with van der Waals surface area (Å²) in [7, 11) is 0. The van der Waals surface area contributed by atoms with Crippen molar-refractivity contribution in [2.75, 3.05) is 6.54 Å². The maximum absolute atomic E-state index is 12.5. The fourth-order valence-electron chi connectivity index (χ4n) is 3.26. The van der Waals surface area contributed by atoms with Crippen LogP contribution in [0.25, 0.3) is 0 Å². The van der Waals surface area contributed by atoms with E-state index in [2.05, 4.69) is 37.9 Å². The lowest BCUT2D eigenvalue weighted by atomic mass is 9.99. The summed E-state index contributed by atoms with van der Waals surface area (Å²) >= 11 is 0. The third-order valence-corrected chi connectivity index (χ3v) is 4.20. The molecule has 2 rings (SSSR count). The Bertz CT molecular complexity index is 303. The summed E-state index contributed by atoms with van der Waals surface area (Å²) in [5.74, 6) is 0.330. The predicted octanol–water partition coefficient (Wildman–Crippen LogP) is 2.31. The molecule has 0 atom stereocenters. The standard InChI is InChI=1S/C14H26N2O/c1-13(2)9-12(17)16(11-7-5-6-8-11)14(3,4)10-15-13/h11,15H,5-10H2,1-4H3. The maximum atomic E-state index is 12.5. The summed E-state index contributed by atoms with van der Waals surface area (Å²) in [4.78, 5) is 14.7. The Labute approximate surface area is 105 Å². The summed E-state index contributed by atoms with van der Waals surface area (Å²) in [6, 6.07) is 0.480. The molecule has 2 fully saturated rings. The van der Waals surface area contributed by atoms with E-state index in [0.717, 1.165) is 6.54 Å². The zero-order valence-electron chi connectivity index (χ0n) is 11.7. The van der Waals surface area contributed by atoms with E-state index in [9.17, 15) is 4.79 Å². The summed E-state index contributed by atoms with van der Waals surface area (Å²) in [5, 5.41) is 3.53. The van der Waals surface area contributed by atoms with Crippen LogP contribution < -0.4 is 5.32 Å². The Morgan fingerprint density at radius 1 is 1.18 bits per heavy atom. The van der Waals surface area contributed by atoms with Gasteiger partial charge in [-0.3, -0.25) is 4.79 Å². The van der Waals surface area contributed by atoms with Crippen molar-refractivity contribution >= 4 is 5.91 Å². The lowest BCUT2D eigenvalue weighted by Gasteiger charge is -2.41. The second kappa shape index (κ2) is 4.27. The average Bonchev–Trinajstić information content (AvgIpc) is 2.64. The minimum absolute atomic E-state index is 0.0557. The largest absolute Gasteiger partial charge is 0.333 e. The van der Waals surface area contributed by atoms with Gasteiger partial charge in [0.15, 0.2) is 0 Å². The highest BCUT2D eigenvalue weighted by Gasteiger charge is 2.42. The van der Waals surface area contributed by atoms with Crippen LogP contribution in [0.15, 0.2) is 0 Å². The quantitative estimate of drug-likeness (QED) is 0.760. The first-order chi connectivity index (χ1) is 7.82. The smallest absolute Gasteiger partial charge is 0.225 e. The minimum Gasteiger partial charge on any atom is -0.333 e. The van der Waals surface area contributed by atoms with Crippen LogP contribution in [0, 0.1) is 0 Å². The lowest BCUT2D eigenvalue weighted by Crippen LogP contribution is -2.54. The van der Waals surface area contributed by atoms with Gasteiger partial charge < -0.3 is 10.2 Å². The molecule has 17 heavy (non-hydrogen) atoms. The molecule has 0 spiro atoms. The van der Waals surface area contributed by atoms with Crippen LogP contribution in [0.5, 0.6) is 0 Å². The van der Waals surface area contributed by atoms with E-state index in [4.69, 9.17) is 0 Å². The Kier molecular flexibility index (Phi) is 3.23. The second-order valence-corrected chi connectivity index (χ2v) is 6.93. The Morgan fingerprint density at radius 3 is 2.35 bits per heavy atom. The van der Waals surface area contributed by atoms with Crippen LogP contribution in [-0.4, -0.2) is 34.5 Å². The lowest BCUT2D eigenvalue weighted by molar-refractivity contribution is -0.138. The number of hydrogen-bond donors (Lipinski definition) is 1. The molecule has 1 N–H and O–H groups in total. The van der Waals surface area contributed by atoms with Crippen molar-refractivity contribution in [1.29, 1.82) is 0 Å². The maximum Gasteiger partial charge on any atom is 0.225 e. The van der Waals surface area contributed by atoms with Crippen molar-refractivity contribution in [3.8, 4) is 0 Å². The molecule has 2 aliphatic rings. The van der Waals surface area contributed by atoms with Crippen molar-refractivity contribution in [2.45, 2.75) is 76.9 Å². The first-order valence-electron chi connectivity index (χ1n) is 6.89. The highest BCUT2D eigenvalue weighted by molar-refractivity contribution is 5.79. The summed E-state index contributed by atoms with van der Waals surface area (Å²) in [6.07, 6.45) is 5.56. The molecule has 1 amide bonds. The Balaban J connectivity index is 2.23. The average molecular weight is 238 g/mol. The van der Waals surface area contributed by atoms with Gasteiger partial charge in [0.25, 0.3) is 0 Å². The van der Waals surface area contributed by atoms with Crippen LogP contribution in [0.3, 0.4) is 0 Å². The van der Waals surface area contributed by atoms with Crippen molar-refractivity contribution in [3.05, 3.63) is 0 Å². The van der Waals surface area contributed by atoms with E-state index < -0.39 is 0 Å². The van der Waals surface area contributed by atoms with Gasteiger partial charge >= 0.3 is 0 Å². The normalized spacial score (nSPS) is 29.4. The molecule has 1 heterocycles. The number of carbonyl (C=O) groups excluding carboxylic acids is 1. The second-order valence-electron chi connectivity index (χ2n) is 6.93. The molecule has 1 saturated heterocycles. The number of amides is 1. The van der Waals surface area contributed by atoms with Crippen LogP contribution in [-0.2, 0) is 4.79 Å². The SMILES string of the molecule is CC1(C)CC(=O)N(C2CCCC2)C(C)(C)CN1. The molecular weight excluding hydrogens is 212 g/mol. The van der Waals surface area contributed by atoms with Gasteiger partial charge in [0.05, 0.1) is 0 Å². The summed E-state index contributed by atoms with van der Waals surface area (Å²) in [6.45, 7) is 9.52. The van der Waals surface area contributed by atoms with Crippen LogP contribution in [0.4, 0.5) is 0 Å². The zero-order chi connectivity index (χ0) is 12.7. The molecule has 3 nitrogen and oxygen atoms in total. The van der Waals surface area contributed by atoms with Gasteiger partial charge in [-0.2, -0.15) is 0 Å². The molecule has 3 heteroatoms. The number of hydrogen-bond acceptors (Lipinski definition) is 2. The molecule has 1 saturated carbocycles. The fourth-order valence-corrected chi connectivity index (χ4v) is 3.26. The van der Waals surface area contributed by atoms with E-state index in [1.165, 1.54) is 25.7 Å². The molecular formula is C14H26N2O. The summed E-state index contributed by atoms with van der Waals surface area (Å²) in [5.41, 5.74) is -0.123. The fraction of sp³-hybridized carbons (Fsp3) is 0.929. The monoisotopic (exact) mass is 238 g/mol. The van der Waals surface area contributed by atoms with Gasteiger partial charge in [-0.05, 0) is 40.5 Å². The van der Waals surface area contributed by atoms with Gasteiger partial charge in [-0.15, -0.1) is 0 Å². The van der Waals surface area contributed by atoms with Crippen molar-refractivity contribution < 1.29 is 4.79 Å². The first kappa shape index (κ1) is 12.9. The topological polar surface area (TPSA) is 32.3 Å². The van der Waals surface area contributed by atoms with E-state index in [1.807, 2.05) is 0 Å². The van der Waals surface area contributed by atoms with Gasteiger partial charge in [-0.25, -0.2) is 0 Å². The van der Waals surface area contributed by atoms with Crippen LogP contribution in [0.1, 0.15) is 59.8 Å². The van der Waals surface area contributed by atoms with Gasteiger partial charge in [0.2, 0.25) is 5.91 Å². The minimum atomic E-state index is -0.0678. The third kappa shape index (κ3) is 2.65. The number of nitrogens with one attached hydrogen (secondary N) is 1. The highest BCUT2D eigenvalue weighted by atomic mass is 16.2. The van der Waals surface area contributed by atoms with Crippen LogP contribution in [0.2, 0.25) is 0 Å². The third-order valence-electron chi connectivity index (χ3n) is 4.20. The summed E-state index contributed by atoms with van der Waals surface area (Å²) < 4.78 is 0.